The molecule has 0 unspecified atom stereocenters. The number of hydrogen-bond donors (Lipinski definition) is 2. The van der Waals surface area contributed by atoms with Gasteiger partial charge in [0.2, 0.25) is 0 Å². The quantitative estimate of drug-likeness (QED) is 0.657. The smallest absolute Gasteiger partial charge is 0.258 e. The van der Waals surface area contributed by atoms with Crippen LogP contribution in [0.1, 0.15) is 15.9 Å². The Bertz CT molecular complexity index is 752. The summed E-state index contributed by atoms with van der Waals surface area (Å²) in [5, 5.41) is 5.42. The first-order chi connectivity index (χ1) is 13.0. The SMILES string of the molecule is COc1cc(OC)cc(C(=O)NCCNC(=O)COc2ccc(C)cc2)c1. The van der Waals surface area contributed by atoms with E-state index < -0.39 is 0 Å². The molecule has 0 aromatic heterocycles. The van der Waals surface area contributed by atoms with Crippen LogP contribution in [0.25, 0.3) is 0 Å². The molecule has 0 bridgehead atoms. The summed E-state index contributed by atoms with van der Waals surface area (Å²) in [5.41, 5.74) is 1.54. The van der Waals surface area contributed by atoms with E-state index in [0.29, 0.717) is 29.4 Å². The second-order valence-corrected chi connectivity index (χ2v) is 5.81. The molecule has 7 heteroatoms. The van der Waals surface area contributed by atoms with Gasteiger partial charge < -0.3 is 24.8 Å². The van der Waals surface area contributed by atoms with Crippen molar-refractivity contribution in [1.82, 2.24) is 10.6 Å². The number of aryl methyl sites for hydroxylation is 1. The molecular weight excluding hydrogens is 348 g/mol. The average molecular weight is 372 g/mol. The van der Waals surface area contributed by atoms with Gasteiger partial charge in [0.05, 0.1) is 14.2 Å². The lowest BCUT2D eigenvalue weighted by Crippen LogP contribution is -2.36. The second-order valence-electron chi connectivity index (χ2n) is 5.81. The van der Waals surface area contributed by atoms with Crippen LogP contribution >= 0.6 is 0 Å². The average Bonchev–Trinajstić information content (AvgIpc) is 2.70. The fourth-order valence-electron chi connectivity index (χ4n) is 2.25. The van der Waals surface area contributed by atoms with Crippen molar-refractivity contribution < 1.29 is 23.8 Å². The molecule has 0 heterocycles. The van der Waals surface area contributed by atoms with Crippen LogP contribution in [0, 0.1) is 6.92 Å². The summed E-state index contributed by atoms with van der Waals surface area (Å²) in [7, 11) is 3.04. The lowest BCUT2D eigenvalue weighted by Gasteiger charge is -2.10. The monoisotopic (exact) mass is 372 g/mol. The second kappa shape index (κ2) is 10.1. The van der Waals surface area contributed by atoms with Crippen molar-refractivity contribution in [2.45, 2.75) is 6.92 Å². The van der Waals surface area contributed by atoms with Crippen LogP contribution in [0.15, 0.2) is 42.5 Å². The van der Waals surface area contributed by atoms with Crippen molar-refractivity contribution in [3.05, 3.63) is 53.6 Å². The normalized spacial score (nSPS) is 10.0. The van der Waals surface area contributed by atoms with Gasteiger partial charge in [-0.1, -0.05) is 17.7 Å². The Morgan fingerprint density at radius 3 is 2.04 bits per heavy atom. The van der Waals surface area contributed by atoms with E-state index >= 15 is 0 Å². The summed E-state index contributed by atoms with van der Waals surface area (Å²) in [6.45, 7) is 2.48. The third kappa shape index (κ3) is 6.54. The fraction of sp³-hybridized carbons (Fsp3) is 0.300. The number of carbonyl (C=O) groups is 2. The highest BCUT2D eigenvalue weighted by molar-refractivity contribution is 5.95. The van der Waals surface area contributed by atoms with Gasteiger partial charge in [0.1, 0.15) is 17.2 Å². The van der Waals surface area contributed by atoms with Crippen molar-refractivity contribution in [1.29, 1.82) is 0 Å². The third-order valence-corrected chi connectivity index (χ3v) is 3.74. The van der Waals surface area contributed by atoms with E-state index in [0.717, 1.165) is 5.56 Å². The molecule has 0 saturated heterocycles. The molecule has 0 fully saturated rings. The van der Waals surface area contributed by atoms with Crippen molar-refractivity contribution >= 4 is 11.8 Å². The van der Waals surface area contributed by atoms with Gasteiger partial charge in [0.25, 0.3) is 11.8 Å². The molecule has 0 aliphatic carbocycles. The molecule has 2 amide bonds. The highest BCUT2D eigenvalue weighted by atomic mass is 16.5. The summed E-state index contributed by atoms with van der Waals surface area (Å²) in [6, 6.07) is 12.4. The van der Waals surface area contributed by atoms with Crippen LogP contribution in [0.2, 0.25) is 0 Å². The number of benzene rings is 2. The van der Waals surface area contributed by atoms with E-state index in [-0.39, 0.29) is 25.0 Å². The van der Waals surface area contributed by atoms with Crippen LogP contribution < -0.4 is 24.8 Å². The number of hydrogen-bond acceptors (Lipinski definition) is 5. The zero-order chi connectivity index (χ0) is 19.6. The lowest BCUT2D eigenvalue weighted by molar-refractivity contribution is -0.123. The van der Waals surface area contributed by atoms with Crippen LogP contribution in [0.3, 0.4) is 0 Å². The van der Waals surface area contributed by atoms with Crippen molar-refractivity contribution in [3.63, 3.8) is 0 Å². The Labute approximate surface area is 158 Å². The van der Waals surface area contributed by atoms with Gasteiger partial charge in [0, 0.05) is 24.7 Å². The minimum atomic E-state index is -0.280. The topological polar surface area (TPSA) is 85.9 Å². The molecule has 27 heavy (non-hydrogen) atoms. The predicted octanol–water partition coefficient (Wildman–Crippen LogP) is 1.94. The molecule has 0 radical (unpaired) electrons. The zero-order valence-electron chi connectivity index (χ0n) is 15.7. The van der Waals surface area contributed by atoms with E-state index in [2.05, 4.69) is 10.6 Å². The van der Waals surface area contributed by atoms with E-state index in [4.69, 9.17) is 14.2 Å². The van der Waals surface area contributed by atoms with Gasteiger partial charge in [0.15, 0.2) is 6.61 Å². The van der Waals surface area contributed by atoms with Crippen LogP contribution in [-0.4, -0.2) is 45.7 Å². The Kier molecular flexibility index (Phi) is 7.49. The van der Waals surface area contributed by atoms with E-state index in [1.54, 1.807) is 18.2 Å². The van der Waals surface area contributed by atoms with Gasteiger partial charge in [-0.15, -0.1) is 0 Å². The first kappa shape index (κ1) is 20.1. The van der Waals surface area contributed by atoms with Gasteiger partial charge in [-0.2, -0.15) is 0 Å². The van der Waals surface area contributed by atoms with Gasteiger partial charge in [-0.05, 0) is 31.2 Å². The minimum absolute atomic E-state index is 0.0793. The summed E-state index contributed by atoms with van der Waals surface area (Å²) in [5.74, 6) is 1.16. The fourth-order valence-corrected chi connectivity index (χ4v) is 2.25. The zero-order valence-corrected chi connectivity index (χ0v) is 15.7. The standard InChI is InChI=1S/C20H24N2O5/c1-14-4-6-16(7-5-14)27-13-19(23)21-8-9-22-20(24)15-10-17(25-2)12-18(11-15)26-3/h4-7,10-12H,8-9,13H2,1-3H3,(H,21,23)(H,22,24). The Morgan fingerprint density at radius 1 is 0.852 bits per heavy atom. The number of rotatable bonds is 9. The van der Waals surface area contributed by atoms with Crippen LogP contribution in [0.5, 0.6) is 17.2 Å². The summed E-state index contributed by atoms with van der Waals surface area (Å²) in [4.78, 5) is 24.0. The summed E-state index contributed by atoms with van der Waals surface area (Å²) < 4.78 is 15.7. The third-order valence-electron chi connectivity index (χ3n) is 3.74. The van der Waals surface area contributed by atoms with Gasteiger partial charge in [-0.3, -0.25) is 9.59 Å². The molecule has 144 valence electrons. The van der Waals surface area contributed by atoms with Crippen molar-refractivity contribution in [2.24, 2.45) is 0 Å². The largest absolute Gasteiger partial charge is 0.497 e. The molecule has 0 saturated carbocycles. The van der Waals surface area contributed by atoms with Gasteiger partial charge >= 0.3 is 0 Å². The molecule has 0 atom stereocenters. The Hall–Kier alpha value is -3.22. The van der Waals surface area contributed by atoms with Crippen molar-refractivity contribution in [3.8, 4) is 17.2 Å². The first-order valence-electron chi connectivity index (χ1n) is 8.49. The lowest BCUT2D eigenvalue weighted by atomic mass is 10.2. The molecular formula is C20H24N2O5. The maximum atomic E-state index is 12.2. The molecule has 2 aromatic rings. The molecule has 2 aromatic carbocycles. The maximum absolute atomic E-state index is 12.2. The maximum Gasteiger partial charge on any atom is 0.258 e. The summed E-state index contributed by atoms with van der Waals surface area (Å²) >= 11 is 0. The molecule has 0 spiro atoms. The summed E-state index contributed by atoms with van der Waals surface area (Å²) in [6.07, 6.45) is 0. The van der Waals surface area contributed by atoms with E-state index in [9.17, 15) is 9.59 Å². The highest BCUT2D eigenvalue weighted by Crippen LogP contribution is 2.22. The predicted molar refractivity (Wildman–Crippen MR) is 102 cm³/mol. The number of methoxy groups -OCH3 is 2. The van der Waals surface area contributed by atoms with Crippen molar-refractivity contribution in [2.75, 3.05) is 33.9 Å². The number of amides is 2. The Morgan fingerprint density at radius 2 is 1.44 bits per heavy atom. The molecule has 2 N–H and O–H groups in total. The number of nitrogens with one attached hydrogen (secondary N) is 2. The number of ether oxygens (including phenoxy) is 3. The molecule has 2 rings (SSSR count). The first-order valence-corrected chi connectivity index (χ1v) is 8.49. The van der Waals surface area contributed by atoms with Crippen LogP contribution in [0.4, 0.5) is 0 Å². The highest BCUT2D eigenvalue weighted by Gasteiger charge is 2.10. The molecule has 0 aliphatic rings. The molecule has 0 aliphatic heterocycles. The minimum Gasteiger partial charge on any atom is -0.497 e. The van der Waals surface area contributed by atoms with E-state index in [1.165, 1.54) is 14.2 Å². The van der Waals surface area contributed by atoms with E-state index in [1.807, 2.05) is 31.2 Å². The van der Waals surface area contributed by atoms with Gasteiger partial charge in [-0.25, -0.2) is 0 Å². The molecule has 7 nitrogen and oxygen atoms in total. The van der Waals surface area contributed by atoms with Crippen LogP contribution in [-0.2, 0) is 4.79 Å². The Balaban J connectivity index is 1.72. The number of carbonyl (C=O) groups excluding carboxylic acids is 2.